The van der Waals surface area contributed by atoms with Gasteiger partial charge in [-0.05, 0) is 55.8 Å². The maximum Gasteiger partial charge on any atom is 0.0366 e. The molecule has 1 N–H and O–H groups in total. The third-order valence-corrected chi connectivity index (χ3v) is 6.20. The van der Waals surface area contributed by atoms with Crippen LogP contribution in [0.2, 0.25) is 0 Å². The first kappa shape index (κ1) is 22.2. The minimum atomic E-state index is 1.02. The summed E-state index contributed by atoms with van der Waals surface area (Å²) in [5, 5.41) is 3.67. The summed E-state index contributed by atoms with van der Waals surface area (Å²) in [6.07, 6.45) is 2.28. The number of rotatable bonds is 3. The van der Waals surface area contributed by atoms with E-state index in [2.05, 4.69) is 111 Å². The van der Waals surface area contributed by atoms with Crippen LogP contribution in [0.15, 0.2) is 91.0 Å². The number of benzene rings is 3. The first-order valence-electron chi connectivity index (χ1n) is 12.0. The molecule has 1 heterocycles. The van der Waals surface area contributed by atoms with Crippen LogP contribution in [-0.4, -0.2) is 52.4 Å². The topological polar surface area (TPSA) is 21.8 Å². The second-order valence-electron chi connectivity index (χ2n) is 8.42. The third kappa shape index (κ3) is 6.51. The molecule has 0 saturated carbocycles. The molecule has 0 radical (unpaired) electrons. The molecule has 0 unspecified atom stereocenters. The van der Waals surface area contributed by atoms with Crippen molar-refractivity contribution in [3.63, 3.8) is 0 Å². The Hall–Kier alpha value is -2.98. The standard InChI is InChI=1S/C28H36N4/c1-4-12-26(13-5-1)30-21-11-22-32(28-16-8-3-9-17-28)25-24-31(20-10-18-29-19-23-30)27-14-6-2-7-15-27/h1-9,12-17,29H,10-11,18-25H2. The third-order valence-electron chi connectivity index (χ3n) is 6.20. The van der Waals surface area contributed by atoms with Gasteiger partial charge in [-0.1, -0.05) is 54.6 Å². The molecule has 32 heavy (non-hydrogen) atoms. The first-order valence-corrected chi connectivity index (χ1v) is 12.0. The molecule has 1 saturated heterocycles. The van der Waals surface area contributed by atoms with E-state index in [-0.39, 0.29) is 0 Å². The molecule has 0 bridgehead atoms. The van der Waals surface area contributed by atoms with E-state index < -0.39 is 0 Å². The van der Waals surface area contributed by atoms with Gasteiger partial charge in [-0.3, -0.25) is 0 Å². The van der Waals surface area contributed by atoms with E-state index in [1.165, 1.54) is 17.1 Å². The lowest BCUT2D eigenvalue weighted by Gasteiger charge is -2.32. The summed E-state index contributed by atoms with van der Waals surface area (Å²) >= 11 is 0. The van der Waals surface area contributed by atoms with Gasteiger partial charge in [-0.25, -0.2) is 0 Å². The number of hydrogen-bond acceptors (Lipinski definition) is 4. The summed E-state index contributed by atoms with van der Waals surface area (Å²) in [5.41, 5.74) is 3.96. The lowest BCUT2D eigenvalue weighted by molar-refractivity contribution is 0.598. The Morgan fingerprint density at radius 1 is 0.406 bits per heavy atom. The zero-order valence-electron chi connectivity index (χ0n) is 19.1. The highest BCUT2D eigenvalue weighted by Gasteiger charge is 2.13. The van der Waals surface area contributed by atoms with E-state index in [1.54, 1.807) is 0 Å². The van der Waals surface area contributed by atoms with Gasteiger partial charge in [0.25, 0.3) is 0 Å². The van der Waals surface area contributed by atoms with Crippen molar-refractivity contribution in [1.82, 2.24) is 5.32 Å². The zero-order valence-corrected chi connectivity index (χ0v) is 19.1. The largest absolute Gasteiger partial charge is 0.370 e. The van der Waals surface area contributed by atoms with E-state index in [9.17, 15) is 0 Å². The van der Waals surface area contributed by atoms with Gasteiger partial charge in [0.2, 0.25) is 0 Å². The molecule has 168 valence electrons. The molecule has 3 aromatic rings. The van der Waals surface area contributed by atoms with E-state index in [0.717, 1.165) is 65.2 Å². The number of para-hydroxylation sites is 3. The van der Waals surface area contributed by atoms with Crippen LogP contribution in [0.1, 0.15) is 12.8 Å². The minimum absolute atomic E-state index is 1.02. The number of anilines is 3. The van der Waals surface area contributed by atoms with Gasteiger partial charge in [0, 0.05) is 62.9 Å². The maximum atomic E-state index is 3.67. The van der Waals surface area contributed by atoms with Crippen molar-refractivity contribution in [1.29, 1.82) is 0 Å². The average Bonchev–Trinajstić information content (AvgIpc) is 2.86. The van der Waals surface area contributed by atoms with Crippen LogP contribution in [0.4, 0.5) is 17.1 Å². The molecular weight excluding hydrogens is 392 g/mol. The average molecular weight is 429 g/mol. The SMILES string of the molecule is c1ccc(N2CCCN(c3ccccc3)CCN(c3ccccc3)CCCNCC2)cc1. The molecule has 4 nitrogen and oxygen atoms in total. The Morgan fingerprint density at radius 2 is 0.812 bits per heavy atom. The van der Waals surface area contributed by atoms with Crippen LogP contribution in [0.25, 0.3) is 0 Å². The summed E-state index contributed by atoms with van der Waals surface area (Å²) in [5.74, 6) is 0. The molecule has 3 aromatic carbocycles. The fraction of sp³-hybridized carbons (Fsp3) is 0.357. The Bertz CT molecular complexity index is 885. The van der Waals surface area contributed by atoms with Gasteiger partial charge in [-0.2, -0.15) is 0 Å². The molecule has 4 rings (SSSR count). The minimum Gasteiger partial charge on any atom is -0.370 e. The smallest absolute Gasteiger partial charge is 0.0366 e. The van der Waals surface area contributed by atoms with Crippen molar-refractivity contribution in [2.75, 3.05) is 67.1 Å². The van der Waals surface area contributed by atoms with Crippen molar-refractivity contribution < 1.29 is 0 Å². The zero-order chi connectivity index (χ0) is 21.8. The van der Waals surface area contributed by atoms with E-state index in [0.29, 0.717) is 0 Å². The molecule has 0 aliphatic carbocycles. The highest BCUT2D eigenvalue weighted by molar-refractivity contribution is 5.49. The van der Waals surface area contributed by atoms with Crippen LogP contribution in [0.3, 0.4) is 0 Å². The molecule has 0 spiro atoms. The van der Waals surface area contributed by atoms with Gasteiger partial charge in [0.05, 0.1) is 0 Å². The summed E-state index contributed by atoms with van der Waals surface area (Å²) in [6.45, 7) is 8.36. The number of hydrogen-bond donors (Lipinski definition) is 1. The fourth-order valence-corrected chi connectivity index (χ4v) is 4.45. The summed E-state index contributed by atoms with van der Waals surface area (Å²) in [7, 11) is 0. The van der Waals surface area contributed by atoms with Crippen LogP contribution in [0.5, 0.6) is 0 Å². The normalized spacial score (nSPS) is 17.1. The van der Waals surface area contributed by atoms with Crippen molar-refractivity contribution in [3.05, 3.63) is 91.0 Å². The van der Waals surface area contributed by atoms with Crippen molar-refractivity contribution in [3.8, 4) is 0 Å². The summed E-state index contributed by atoms with van der Waals surface area (Å²) < 4.78 is 0. The van der Waals surface area contributed by atoms with Gasteiger partial charge >= 0.3 is 0 Å². The predicted octanol–water partition coefficient (Wildman–Crippen LogP) is 4.89. The molecule has 1 fully saturated rings. The monoisotopic (exact) mass is 428 g/mol. The van der Waals surface area contributed by atoms with Crippen LogP contribution in [-0.2, 0) is 0 Å². The molecular formula is C28H36N4. The lowest BCUT2D eigenvalue weighted by Crippen LogP contribution is -2.40. The molecule has 0 atom stereocenters. The van der Waals surface area contributed by atoms with Gasteiger partial charge < -0.3 is 20.0 Å². The highest BCUT2D eigenvalue weighted by Crippen LogP contribution is 2.18. The number of nitrogens with zero attached hydrogens (tertiary/aromatic N) is 3. The van der Waals surface area contributed by atoms with Gasteiger partial charge in [0.15, 0.2) is 0 Å². The Labute approximate surface area is 193 Å². The lowest BCUT2D eigenvalue weighted by atomic mass is 10.2. The Morgan fingerprint density at radius 3 is 1.28 bits per heavy atom. The van der Waals surface area contributed by atoms with Crippen molar-refractivity contribution >= 4 is 17.1 Å². The van der Waals surface area contributed by atoms with Gasteiger partial charge in [0.1, 0.15) is 0 Å². The molecule has 0 amide bonds. The van der Waals surface area contributed by atoms with Crippen LogP contribution < -0.4 is 20.0 Å². The predicted molar refractivity (Wildman–Crippen MR) is 138 cm³/mol. The second-order valence-corrected chi connectivity index (χ2v) is 8.42. The first-order chi connectivity index (χ1) is 15.9. The molecule has 1 aliphatic rings. The van der Waals surface area contributed by atoms with Crippen molar-refractivity contribution in [2.45, 2.75) is 12.8 Å². The van der Waals surface area contributed by atoms with Crippen LogP contribution >= 0.6 is 0 Å². The maximum absolute atomic E-state index is 3.67. The van der Waals surface area contributed by atoms with E-state index in [1.807, 2.05) is 0 Å². The molecule has 0 aromatic heterocycles. The summed E-state index contributed by atoms with van der Waals surface area (Å²) in [4.78, 5) is 7.63. The number of nitrogens with one attached hydrogen (secondary N) is 1. The van der Waals surface area contributed by atoms with Crippen LogP contribution in [0, 0.1) is 0 Å². The van der Waals surface area contributed by atoms with E-state index in [4.69, 9.17) is 0 Å². The quantitative estimate of drug-likeness (QED) is 0.641. The highest BCUT2D eigenvalue weighted by atomic mass is 15.2. The Balaban J connectivity index is 1.49. The molecule has 1 aliphatic heterocycles. The Kier molecular flexibility index (Phi) is 8.44. The second kappa shape index (κ2) is 12.2. The molecule has 4 heteroatoms. The summed E-state index contributed by atoms with van der Waals surface area (Å²) in [6, 6.07) is 32.6. The van der Waals surface area contributed by atoms with Crippen molar-refractivity contribution in [2.24, 2.45) is 0 Å². The fourth-order valence-electron chi connectivity index (χ4n) is 4.45. The van der Waals surface area contributed by atoms with Gasteiger partial charge in [-0.15, -0.1) is 0 Å². The van der Waals surface area contributed by atoms with E-state index >= 15 is 0 Å².